The lowest BCUT2D eigenvalue weighted by Crippen LogP contribution is -2.70. The van der Waals surface area contributed by atoms with Crippen molar-refractivity contribution in [1.29, 1.82) is 0 Å². The van der Waals surface area contributed by atoms with Crippen LogP contribution in [0.15, 0.2) is 35.1 Å². The quantitative estimate of drug-likeness (QED) is 0.694. The maximum Gasteiger partial charge on any atom is 0.220 e. The van der Waals surface area contributed by atoms with E-state index in [2.05, 4.69) is 14.0 Å². The molecule has 3 unspecified atom stereocenters. The Kier molecular flexibility index (Phi) is 4.64. The summed E-state index contributed by atoms with van der Waals surface area (Å²) in [5.41, 5.74) is -0.0528. The van der Waals surface area contributed by atoms with Crippen molar-refractivity contribution in [3.8, 4) is 0 Å². The fourth-order valence-corrected chi connectivity index (χ4v) is 5.46. The SMILES string of the molecule is CC[N+](C)(CC1CC1)[C@@H]1C=C2C=CC(=O)C(OC)=C2C2C(O)C(=O)CC[C@]21O. The Hall–Kier alpha value is -1.76. The van der Waals surface area contributed by atoms with Gasteiger partial charge in [0.05, 0.1) is 33.2 Å². The molecule has 4 aliphatic carbocycles. The van der Waals surface area contributed by atoms with E-state index in [9.17, 15) is 19.8 Å². The first-order valence-electron chi connectivity index (χ1n) is 10.2. The second-order valence-corrected chi connectivity index (χ2v) is 9.01. The summed E-state index contributed by atoms with van der Waals surface area (Å²) < 4.78 is 6.02. The van der Waals surface area contributed by atoms with Crippen LogP contribution in [0.25, 0.3) is 0 Å². The summed E-state index contributed by atoms with van der Waals surface area (Å²) in [6.45, 7) is 3.92. The molecule has 0 aliphatic heterocycles. The lowest BCUT2D eigenvalue weighted by molar-refractivity contribution is -0.934. The van der Waals surface area contributed by atoms with Crippen LogP contribution in [0.4, 0.5) is 0 Å². The molecule has 4 rings (SSSR count). The van der Waals surface area contributed by atoms with Crippen molar-refractivity contribution >= 4 is 11.6 Å². The van der Waals surface area contributed by atoms with Crippen LogP contribution in [0, 0.1) is 11.8 Å². The van der Waals surface area contributed by atoms with Crippen molar-refractivity contribution in [2.24, 2.45) is 11.8 Å². The highest BCUT2D eigenvalue weighted by atomic mass is 16.5. The Morgan fingerprint density at radius 1 is 1.29 bits per heavy atom. The van der Waals surface area contributed by atoms with Gasteiger partial charge in [0.15, 0.2) is 11.5 Å². The summed E-state index contributed by atoms with van der Waals surface area (Å²) in [5, 5.41) is 22.8. The number of carbonyl (C=O) groups excluding carboxylic acids is 2. The predicted octanol–water partition coefficient (Wildman–Crippen LogP) is 1.28. The lowest BCUT2D eigenvalue weighted by Gasteiger charge is -2.55. The number of aliphatic hydroxyl groups is 2. The Balaban J connectivity index is 1.91. The summed E-state index contributed by atoms with van der Waals surface area (Å²) in [7, 11) is 3.57. The topological polar surface area (TPSA) is 83.8 Å². The highest BCUT2D eigenvalue weighted by Gasteiger charge is 2.62. The average molecular weight is 388 g/mol. The number of aliphatic hydroxyl groups excluding tert-OH is 1. The monoisotopic (exact) mass is 388 g/mol. The van der Waals surface area contributed by atoms with Crippen LogP contribution in [0.3, 0.4) is 0 Å². The maximum absolute atomic E-state index is 12.4. The number of methoxy groups -OCH3 is 1. The Morgan fingerprint density at radius 3 is 2.61 bits per heavy atom. The molecule has 5 atom stereocenters. The fourth-order valence-electron chi connectivity index (χ4n) is 5.46. The van der Waals surface area contributed by atoms with Gasteiger partial charge in [-0.15, -0.1) is 0 Å². The number of nitrogens with zero attached hydrogens (tertiary/aromatic N) is 1. The molecule has 6 heteroatoms. The van der Waals surface area contributed by atoms with E-state index < -0.39 is 17.6 Å². The van der Waals surface area contributed by atoms with E-state index in [-0.39, 0.29) is 36.2 Å². The number of ketones is 2. The number of hydrogen-bond acceptors (Lipinski definition) is 5. The molecule has 0 heterocycles. The lowest BCUT2D eigenvalue weighted by atomic mass is 9.60. The zero-order chi connectivity index (χ0) is 20.3. The fraction of sp³-hybridized carbons (Fsp3) is 0.636. The smallest absolute Gasteiger partial charge is 0.220 e. The van der Waals surface area contributed by atoms with Gasteiger partial charge in [0.2, 0.25) is 5.78 Å². The molecule has 0 aromatic heterocycles. The molecular formula is C22H30NO5+. The van der Waals surface area contributed by atoms with Crippen molar-refractivity contribution < 1.29 is 29.0 Å². The highest BCUT2D eigenvalue weighted by Crippen LogP contribution is 2.51. The van der Waals surface area contributed by atoms with Gasteiger partial charge in [0.25, 0.3) is 0 Å². The van der Waals surface area contributed by atoms with Crippen LogP contribution < -0.4 is 0 Å². The van der Waals surface area contributed by atoms with E-state index in [0.717, 1.165) is 18.7 Å². The summed E-state index contributed by atoms with van der Waals surface area (Å²) >= 11 is 0. The molecule has 2 fully saturated rings. The van der Waals surface area contributed by atoms with Gasteiger partial charge < -0.3 is 19.4 Å². The second-order valence-electron chi connectivity index (χ2n) is 9.01. The zero-order valence-electron chi connectivity index (χ0n) is 16.9. The van der Waals surface area contributed by atoms with Crippen LogP contribution in [0.2, 0.25) is 0 Å². The molecule has 0 amide bonds. The standard InChI is InChI=1S/C22H30NO5/c1-4-23(2,12-13-5-6-13)17-11-14-7-8-16(25)21(28-3)18(14)19-20(26)15(24)9-10-22(17,19)27/h7-8,11,13,17,19-20,26-27H,4-6,9-10,12H2,1-3H3/q+1/t17-,19?,20?,22-,23?/m1/s1. The molecule has 0 saturated heterocycles. The van der Waals surface area contributed by atoms with E-state index in [4.69, 9.17) is 4.74 Å². The van der Waals surface area contributed by atoms with E-state index >= 15 is 0 Å². The van der Waals surface area contributed by atoms with Gasteiger partial charge in [-0.25, -0.2) is 0 Å². The minimum absolute atomic E-state index is 0.122. The van der Waals surface area contributed by atoms with Gasteiger partial charge in [0.1, 0.15) is 17.7 Å². The van der Waals surface area contributed by atoms with Crippen LogP contribution in [0.1, 0.15) is 32.6 Å². The number of ether oxygens (including phenoxy) is 1. The van der Waals surface area contributed by atoms with Gasteiger partial charge in [-0.2, -0.15) is 0 Å². The first-order chi connectivity index (χ1) is 13.2. The summed E-state index contributed by atoms with van der Waals surface area (Å²) in [6.07, 6.45) is 6.75. The molecule has 28 heavy (non-hydrogen) atoms. The molecule has 152 valence electrons. The number of hydrogen-bond donors (Lipinski definition) is 2. The van der Waals surface area contributed by atoms with Crippen molar-refractivity contribution in [2.75, 3.05) is 27.2 Å². The predicted molar refractivity (Wildman–Crippen MR) is 103 cm³/mol. The molecule has 6 nitrogen and oxygen atoms in total. The maximum atomic E-state index is 12.4. The van der Waals surface area contributed by atoms with E-state index in [1.807, 2.05) is 6.08 Å². The van der Waals surface area contributed by atoms with E-state index in [1.54, 1.807) is 6.08 Å². The normalized spacial score (nSPS) is 37.2. The minimum atomic E-state index is -1.34. The van der Waals surface area contributed by atoms with Gasteiger partial charge in [0, 0.05) is 17.9 Å². The minimum Gasteiger partial charge on any atom is -0.492 e. The molecule has 0 aromatic rings. The molecule has 2 saturated carbocycles. The number of rotatable bonds is 5. The third-order valence-electron chi connectivity index (χ3n) is 7.28. The summed E-state index contributed by atoms with van der Waals surface area (Å²) in [6, 6.07) is -0.263. The number of fused-ring (bicyclic) bond motifs is 3. The number of Topliss-reactive ketones (excluding diaryl/α,β-unsaturated/α-hetero) is 1. The molecule has 0 spiro atoms. The van der Waals surface area contributed by atoms with Gasteiger partial charge in [-0.3, -0.25) is 9.59 Å². The van der Waals surface area contributed by atoms with Gasteiger partial charge >= 0.3 is 0 Å². The number of quaternary nitrogens is 1. The first kappa shape index (κ1) is 19.6. The molecule has 4 aliphatic rings. The van der Waals surface area contributed by atoms with Crippen molar-refractivity contribution in [3.05, 3.63) is 35.1 Å². The molecule has 0 radical (unpaired) electrons. The van der Waals surface area contributed by atoms with Gasteiger partial charge in [-0.1, -0.05) is 6.08 Å². The first-order valence-corrected chi connectivity index (χ1v) is 10.2. The Bertz CT molecular complexity index is 808. The largest absolute Gasteiger partial charge is 0.492 e. The summed E-state index contributed by atoms with van der Waals surface area (Å²) in [4.78, 5) is 24.8. The molecule has 0 aromatic carbocycles. The van der Waals surface area contributed by atoms with E-state index in [1.165, 1.54) is 26.0 Å². The van der Waals surface area contributed by atoms with Crippen LogP contribution in [-0.4, -0.2) is 71.3 Å². The molecular weight excluding hydrogens is 358 g/mol. The van der Waals surface area contributed by atoms with Crippen LogP contribution in [0.5, 0.6) is 0 Å². The molecule has 2 N–H and O–H groups in total. The Morgan fingerprint density at radius 2 is 2.00 bits per heavy atom. The van der Waals surface area contributed by atoms with Crippen molar-refractivity contribution in [1.82, 2.24) is 0 Å². The van der Waals surface area contributed by atoms with Gasteiger partial charge in [-0.05, 0) is 43.9 Å². The number of allylic oxidation sites excluding steroid dienone is 3. The average Bonchev–Trinajstić information content (AvgIpc) is 3.48. The summed E-state index contributed by atoms with van der Waals surface area (Å²) in [5.74, 6) is -0.655. The Labute approximate surface area is 165 Å². The van der Waals surface area contributed by atoms with E-state index in [0.29, 0.717) is 16.0 Å². The molecule has 0 bridgehead atoms. The zero-order valence-corrected chi connectivity index (χ0v) is 16.9. The second kappa shape index (κ2) is 6.65. The third-order valence-corrected chi connectivity index (χ3v) is 7.28. The number of carbonyl (C=O) groups is 2. The highest BCUT2D eigenvalue weighted by molar-refractivity contribution is 6.06. The van der Waals surface area contributed by atoms with Crippen LogP contribution in [-0.2, 0) is 14.3 Å². The van der Waals surface area contributed by atoms with Crippen LogP contribution >= 0.6 is 0 Å². The number of likely N-dealkylation sites (N-methyl/N-ethyl adjacent to an activating group) is 1. The van der Waals surface area contributed by atoms with Crippen molar-refractivity contribution in [3.63, 3.8) is 0 Å². The third kappa shape index (κ3) is 2.81. The van der Waals surface area contributed by atoms with Crippen molar-refractivity contribution in [2.45, 2.75) is 50.4 Å².